The van der Waals surface area contributed by atoms with Gasteiger partial charge in [-0.15, -0.1) is 0 Å². The van der Waals surface area contributed by atoms with Crippen molar-refractivity contribution in [2.75, 3.05) is 20.1 Å². The molecule has 0 spiro atoms. The Morgan fingerprint density at radius 1 is 1.03 bits per heavy atom. The topological polar surface area (TPSA) is 79.0 Å². The van der Waals surface area contributed by atoms with Crippen LogP contribution in [0.2, 0.25) is 15.1 Å². The molecule has 2 aliphatic rings. The Balaban J connectivity index is 1.57. The van der Waals surface area contributed by atoms with Gasteiger partial charge in [0.05, 0.1) is 10.0 Å². The van der Waals surface area contributed by atoms with E-state index in [1.54, 1.807) is 74.0 Å². The molecule has 1 heterocycles. The highest BCUT2D eigenvalue weighted by atomic mass is 35.5. The molecule has 0 aromatic heterocycles. The van der Waals surface area contributed by atoms with E-state index in [2.05, 4.69) is 5.32 Å². The summed E-state index contributed by atoms with van der Waals surface area (Å²) in [4.78, 5) is 43.0. The molecule has 1 N–H and O–H groups in total. The second-order valence-electron chi connectivity index (χ2n) is 11.0. The Bertz CT molecular complexity index is 1220. The van der Waals surface area contributed by atoms with E-state index in [4.69, 9.17) is 39.5 Å². The molecule has 1 saturated carbocycles. The number of nitrogens with one attached hydrogen (secondary N) is 1. The van der Waals surface area contributed by atoms with E-state index in [0.29, 0.717) is 53.0 Å². The van der Waals surface area contributed by atoms with Crippen molar-refractivity contribution in [3.05, 3.63) is 68.7 Å². The monoisotopic (exact) mass is 579 g/mol. The van der Waals surface area contributed by atoms with Gasteiger partial charge in [0.25, 0.3) is 5.91 Å². The summed E-state index contributed by atoms with van der Waals surface area (Å²) in [5.74, 6) is -0.499. The Kier molecular flexibility index (Phi) is 8.22. The van der Waals surface area contributed by atoms with E-state index in [1.165, 1.54) is 0 Å². The molecule has 2 aromatic carbocycles. The van der Waals surface area contributed by atoms with Crippen molar-refractivity contribution in [3.8, 4) is 0 Å². The minimum atomic E-state index is -0.956. The van der Waals surface area contributed by atoms with Crippen LogP contribution < -0.4 is 5.32 Å². The predicted molar refractivity (Wildman–Crippen MR) is 149 cm³/mol. The SMILES string of the molecule is CN(C(=O)c1ccc(Cl)cc1)[C@@H]1CCN(C(=O)C2(NC(=O)OC(C)(C)C)CC2)C[C@H]1c1ccc(Cl)c(Cl)c1. The van der Waals surface area contributed by atoms with Crippen LogP contribution in [-0.2, 0) is 9.53 Å². The van der Waals surface area contributed by atoms with Crippen molar-refractivity contribution in [3.63, 3.8) is 0 Å². The zero-order valence-corrected chi connectivity index (χ0v) is 24.2. The molecule has 7 nitrogen and oxygen atoms in total. The molecule has 204 valence electrons. The van der Waals surface area contributed by atoms with E-state index in [-0.39, 0.29) is 23.8 Å². The van der Waals surface area contributed by atoms with Crippen LogP contribution in [0.4, 0.5) is 4.79 Å². The summed E-state index contributed by atoms with van der Waals surface area (Å²) in [7, 11) is 1.77. The van der Waals surface area contributed by atoms with Crippen molar-refractivity contribution in [2.45, 2.75) is 63.1 Å². The molecule has 38 heavy (non-hydrogen) atoms. The molecule has 0 radical (unpaired) electrons. The van der Waals surface area contributed by atoms with E-state index in [1.807, 2.05) is 6.07 Å². The van der Waals surface area contributed by atoms with Gasteiger partial charge in [-0.05, 0) is 82.0 Å². The smallest absolute Gasteiger partial charge is 0.408 e. The summed E-state index contributed by atoms with van der Waals surface area (Å²) in [6, 6.07) is 12.0. The maximum Gasteiger partial charge on any atom is 0.408 e. The molecule has 10 heteroatoms. The zero-order chi connectivity index (χ0) is 27.8. The fraction of sp³-hybridized carbons (Fsp3) is 0.464. The summed E-state index contributed by atoms with van der Waals surface area (Å²) in [5, 5.41) is 4.19. The van der Waals surface area contributed by atoms with E-state index >= 15 is 0 Å². The first-order valence-electron chi connectivity index (χ1n) is 12.6. The number of ether oxygens (including phenoxy) is 1. The van der Waals surface area contributed by atoms with Crippen LogP contribution in [-0.4, -0.2) is 65.0 Å². The minimum absolute atomic E-state index is 0.137. The number of alkyl carbamates (subject to hydrolysis) is 1. The Morgan fingerprint density at radius 2 is 1.68 bits per heavy atom. The number of likely N-dealkylation sites (N-methyl/N-ethyl adjacent to an activating group) is 1. The lowest BCUT2D eigenvalue weighted by molar-refractivity contribution is -0.136. The lowest BCUT2D eigenvalue weighted by atomic mass is 9.84. The third kappa shape index (κ3) is 6.38. The molecule has 0 unspecified atom stereocenters. The molecule has 1 saturated heterocycles. The quantitative estimate of drug-likeness (QED) is 0.459. The van der Waals surface area contributed by atoms with Crippen LogP contribution in [0, 0.1) is 0 Å². The lowest BCUT2D eigenvalue weighted by Gasteiger charge is -2.44. The highest BCUT2D eigenvalue weighted by Gasteiger charge is 2.54. The standard InChI is InChI=1S/C28H32Cl3N3O4/c1-27(2,3)38-26(37)32-28(12-13-28)25(36)34-14-11-23(20(16-34)18-7-10-21(30)22(31)15-18)33(4)24(35)17-5-8-19(29)9-6-17/h5-10,15,20,23H,11-14,16H2,1-4H3,(H,32,37)/t20-,23+/m0/s1. The van der Waals surface area contributed by atoms with Crippen molar-refractivity contribution >= 4 is 52.7 Å². The molecule has 3 amide bonds. The van der Waals surface area contributed by atoms with Gasteiger partial charge in [0, 0.05) is 42.7 Å². The second kappa shape index (κ2) is 10.9. The Labute approximate surface area is 238 Å². The van der Waals surface area contributed by atoms with Crippen LogP contribution in [0.1, 0.15) is 61.9 Å². The summed E-state index contributed by atoms with van der Waals surface area (Å²) < 4.78 is 5.39. The maximum absolute atomic E-state index is 13.7. The average molecular weight is 581 g/mol. The van der Waals surface area contributed by atoms with E-state index < -0.39 is 17.2 Å². The molecular weight excluding hydrogens is 549 g/mol. The lowest BCUT2D eigenvalue weighted by Crippen LogP contribution is -2.57. The number of carbonyl (C=O) groups excluding carboxylic acids is 3. The van der Waals surface area contributed by atoms with Gasteiger partial charge in [-0.1, -0.05) is 40.9 Å². The minimum Gasteiger partial charge on any atom is -0.444 e. The van der Waals surface area contributed by atoms with Crippen molar-refractivity contribution in [1.29, 1.82) is 0 Å². The number of nitrogens with zero attached hydrogens (tertiary/aromatic N) is 2. The molecule has 2 atom stereocenters. The van der Waals surface area contributed by atoms with Gasteiger partial charge >= 0.3 is 6.09 Å². The summed E-state index contributed by atoms with van der Waals surface area (Å²) in [6.07, 6.45) is 1.05. The number of hydrogen-bond donors (Lipinski definition) is 1. The zero-order valence-electron chi connectivity index (χ0n) is 21.9. The molecule has 2 fully saturated rings. The average Bonchev–Trinajstić information content (AvgIpc) is 3.63. The number of carbonyl (C=O) groups is 3. The summed E-state index contributed by atoms with van der Waals surface area (Å²) in [5.41, 5.74) is -0.214. The largest absolute Gasteiger partial charge is 0.444 e. The fourth-order valence-corrected chi connectivity index (χ4v) is 5.36. The van der Waals surface area contributed by atoms with E-state index in [0.717, 1.165) is 5.56 Å². The van der Waals surface area contributed by atoms with Crippen molar-refractivity contribution < 1.29 is 19.1 Å². The normalized spacial score (nSPS) is 20.4. The van der Waals surface area contributed by atoms with Gasteiger partial charge in [0.1, 0.15) is 11.1 Å². The van der Waals surface area contributed by atoms with Gasteiger partial charge in [-0.2, -0.15) is 0 Å². The van der Waals surface area contributed by atoms with Gasteiger partial charge in [0.2, 0.25) is 5.91 Å². The van der Waals surface area contributed by atoms with Gasteiger partial charge in [0.15, 0.2) is 0 Å². The first-order valence-corrected chi connectivity index (χ1v) is 13.7. The molecule has 0 bridgehead atoms. The highest BCUT2D eigenvalue weighted by Crippen LogP contribution is 2.41. The van der Waals surface area contributed by atoms with Crippen LogP contribution in [0.3, 0.4) is 0 Å². The first-order chi connectivity index (χ1) is 17.8. The number of rotatable bonds is 5. The molecular formula is C28H32Cl3N3O4. The Hall–Kier alpha value is -2.48. The van der Waals surface area contributed by atoms with Crippen LogP contribution in [0.5, 0.6) is 0 Å². The van der Waals surface area contributed by atoms with Crippen LogP contribution in [0.25, 0.3) is 0 Å². The van der Waals surface area contributed by atoms with Gasteiger partial charge in [-0.25, -0.2) is 4.79 Å². The maximum atomic E-state index is 13.7. The number of halogens is 3. The highest BCUT2D eigenvalue weighted by molar-refractivity contribution is 6.42. The second-order valence-corrected chi connectivity index (χ2v) is 12.3. The third-order valence-electron chi connectivity index (χ3n) is 7.04. The number of hydrogen-bond acceptors (Lipinski definition) is 4. The van der Waals surface area contributed by atoms with Gasteiger partial charge in [-0.3, -0.25) is 9.59 Å². The fourth-order valence-electron chi connectivity index (χ4n) is 4.92. The van der Waals surface area contributed by atoms with Crippen molar-refractivity contribution in [1.82, 2.24) is 15.1 Å². The van der Waals surface area contributed by atoms with Crippen LogP contribution >= 0.6 is 34.8 Å². The molecule has 1 aliphatic heterocycles. The summed E-state index contributed by atoms with van der Waals surface area (Å²) in [6.45, 7) is 6.14. The number of piperidine rings is 1. The van der Waals surface area contributed by atoms with Crippen LogP contribution in [0.15, 0.2) is 42.5 Å². The Morgan fingerprint density at radius 3 is 2.26 bits per heavy atom. The molecule has 4 rings (SSSR count). The summed E-state index contributed by atoms with van der Waals surface area (Å²) >= 11 is 18.5. The number of benzene rings is 2. The number of likely N-dealkylation sites (tertiary alicyclic amines) is 1. The number of amides is 3. The molecule has 2 aromatic rings. The molecule has 1 aliphatic carbocycles. The predicted octanol–water partition coefficient (Wildman–Crippen LogP) is 6.16. The third-order valence-corrected chi connectivity index (χ3v) is 8.03. The van der Waals surface area contributed by atoms with Gasteiger partial charge < -0.3 is 19.9 Å². The van der Waals surface area contributed by atoms with E-state index in [9.17, 15) is 14.4 Å². The van der Waals surface area contributed by atoms with Crippen molar-refractivity contribution in [2.24, 2.45) is 0 Å². The first kappa shape index (κ1) is 28.5.